The summed E-state index contributed by atoms with van der Waals surface area (Å²) < 4.78 is 5.17. The highest BCUT2D eigenvalue weighted by Gasteiger charge is 2.19. The summed E-state index contributed by atoms with van der Waals surface area (Å²) in [7, 11) is 1.60. The number of unbranched alkanes of at least 4 members (excludes halogenated alkanes) is 7. The molecule has 2 amide bonds. The van der Waals surface area contributed by atoms with Gasteiger partial charge < -0.3 is 9.64 Å². The second-order valence-corrected chi connectivity index (χ2v) is 8.25. The number of ether oxygens (including phenoxy) is 1. The fourth-order valence-corrected chi connectivity index (χ4v) is 2.60. The molecular formula is C21H39N3O4. The number of ketones is 1. The van der Waals surface area contributed by atoms with Crippen molar-refractivity contribution in [1.29, 1.82) is 0 Å². The third kappa shape index (κ3) is 15.2. The third-order valence-corrected chi connectivity index (χ3v) is 3.92. The lowest BCUT2D eigenvalue weighted by atomic mass is 10.1. The van der Waals surface area contributed by atoms with Crippen molar-refractivity contribution in [3.05, 3.63) is 0 Å². The van der Waals surface area contributed by atoms with Crippen LogP contribution in [0, 0.1) is 0 Å². The Kier molecular flexibility index (Phi) is 13.2. The zero-order valence-corrected chi connectivity index (χ0v) is 18.6. The van der Waals surface area contributed by atoms with E-state index in [4.69, 9.17) is 4.74 Å². The van der Waals surface area contributed by atoms with Crippen molar-refractivity contribution < 1.29 is 19.1 Å². The number of Topliss-reactive ketones (excluding diaryl/α,β-unsaturated/α-hetero) is 1. The van der Waals surface area contributed by atoms with E-state index >= 15 is 0 Å². The van der Waals surface area contributed by atoms with Gasteiger partial charge in [-0.05, 0) is 34.1 Å². The molecule has 28 heavy (non-hydrogen) atoms. The van der Waals surface area contributed by atoms with Crippen LogP contribution in [-0.2, 0) is 14.3 Å². The van der Waals surface area contributed by atoms with Gasteiger partial charge >= 0.3 is 6.09 Å². The van der Waals surface area contributed by atoms with E-state index in [9.17, 15) is 14.4 Å². The first kappa shape index (κ1) is 26.1. The molecule has 1 N–H and O–H groups in total. The number of carbonyl (C=O) groups excluding carboxylic acids is 3. The Hall–Kier alpha value is -1.92. The molecule has 0 aliphatic carbocycles. The highest BCUT2D eigenvalue weighted by molar-refractivity contribution is 6.01. The van der Waals surface area contributed by atoms with Gasteiger partial charge in [0.1, 0.15) is 11.4 Å². The Morgan fingerprint density at radius 3 is 2.00 bits per heavy atom. The molecule has 0 aliphatic rings. The van der Waals surface area contributed by atoms with Crippen LogP contribution in [0.3, 0.4) is 0 Å². The van der Waals surface area contributed by atoms with Gasteiger partial charge in [-0.15, -0.1) is 4.99 Å². The van der Waals surface area contributed by atoms with Crippen LogP contribution in [0.25, 0.3) is 0 Å². The minimum atomic E-state index is -0.801. The lowest BCUT2D eigenvalue weighted by Crippen LogP contribution is -2.44. The molecule has 162 valence electrons. The minimum Gasteiger partial charge on any atom is -0.442 e. The van der Waals surface area contributed by atoms with Gasteiger partial charge in [-0.25, -0.2) is 4.79 Å². The molecule has 0 saturated heterocycles. The summed E-state index contributed by atoms with van der Waals surface area (Å²) >= 11 is 0. The fourth-order valence-electron chi connectivity index (χ4n) is 2.60. The first-order valence-corrected chi connectivity index (χ1v) is 10.4. The number of nitrogens with one attached hydrogen (secondary N) is 1. The van der Waals surface area contributed by atoms with Gasteiger partial charge in [-0.1, -0.05) is 51.9 Å². The average molecular weight is 398 g/mol. The number of rotatable bonds is 11. The molecule has 0 fully saturated rings. The zero-order valence-electron chi connectivity index (χ0n) is 18.6. The molecule has 0 aromatic heterocycles. The lowest BCUT2D eigenvalue weighted by molar-refractivity contribution is -0.120. The standard InChI is InChI=1S/C21H39N3O4/c1-7-8-9-10-11-12-13-14-15-18(26)22-19(24(6)16-17(2)25)23-20(27)28-21(3,4)5/h7-16H2,1-6H3,(H,22,23,26,27). The summed E-state index contributed by atoms with van der Waals surface area (Å²) in [5, 5.41) is 2.64. The molecule has 0 spiro atoms. The number of amides is 2. The molecule has 0 atom stereocenters. The van der Waals surface area contributed by atoms with Crippen molar-refractivity contribution in [2.45, 2.75) is 98.0 Å². The Bertz CT molecular complexity index is 524. The molecule has 0 aromatic rings. The van der Waals surface area contributed by atoms with Crippen LogP contribution in [0.1, 0.15) is 92.4 Å². The Labute approximate surface area is 170 Å². The van der Waals surface area contributed by atoms with E-state index in [0.717, 1.165) is 19.3 Å². The molecule has 7 nitrogen and oxygen atoms in total. The zero-order chi connectivity index (χ0) is 21.6. The molecule has 0 heterocycles. The van der Waals surface area contributed by atoms with E-state index in [1.54, 1.807) is 27.8 Å². The van der Waals surface area contributed by atoms with Crippen molar-refractivity contribution in [2.75, 3.05) is 13.6 Å². The number of aliphatic imine (C=N–C) groups is 1. The van der Waals surface area contributed by atoms with Crippen LogP contribution in [-0.4, -0.2) is 47.8 Å². The Morgan fingerprint density at radius 2 is 1.50 bits per heavy atom. The number of carbonyl (C=O) groups is 3. The van der Waals surface area contributed by atoms with Crippen molar-refractivity contribution in [3.63, 3.8) is 0 Å². The number of likely N-dealkylation sites (N-methyl/N-ethyl adjacent to an activating group) is 1. The van der Waals surface area contributed by atoms with E-state index in [-0.39, 0.29) is 24.2 Å². The third-order valence-electron chi connectivity index (χ3n) is 3.92. The van der Waals surface area contributed by atoms with Crippen LogP contribution in [0.2, 0.25) is 0 Å². The minimum absolute atomic E-state index is 0.0361. The van der Waals surface area contributed by atoms with E-state index in [1.807, 2.05) is 0 Å². The molecule has 0 bridgehead atoms. The average Bonchev–Trinajstić information content (AvgIpc) is 2.54. The van der Waals surface area contributed by atoms with Crippen LogP contribution in [0.15, 0.2) is 4.99 Å². The van der Waals surface area contributed by atoms with Crippen LogP contribution in [0.5, 0.6) is 0 Å². The van der Waals surface area contributed by atoms with E-state index in [1.165, 1.54) is 43.9 Å². The van der Waals surface area contributed by atoms with Crippen molar-refractivity contribution in [3.8, 4) is 0 Å². The fraction of sp³-hybridized carbons (Fsp3) is 0.810. The summed E-state index contributed by atoms with van der Waals surface area (Å²) in [5.74, 6) is -0.283. The maximum absolute atomic E-state index is 12.2. The molecule has 0 rings (SSSR count). The van der Waals surface area contributed by atoms with Gasteiger partial charge in [0.25, 0.3) is 0 Å². The smallest absolute Gasteiger partial charge is 0.437 e. The van der Waals surface area contributed by atoms with Gasteiger partial charge in [-0.3, -0.25) is 14.9 Å². The highest BCUT2D eigenvalue weighted by atomic mass is 16.6. The van der Waals surface area contributed by atoms with Crippen molar-refractivity contribution in [2.24, 2.45) is 4.99 Å². The Balaban J connectivity index is 4.54. The predicted octanol–water partition coefficient (Wildman–Crippen LogP) is 4.45. The second kappa shape index (κ2) is 14.1. The molecule has 0 radical (unpaired) electrons. The molecule has 0 saturated carbocycles. The topological polar surface area (TPSA) is 88.1 Å². The normalized spacial score (nSPS) is 11.9. The van der Waals surface area contributed by atoms with E-state index in [0.29, 0.717) is 6.42 Å². The van der Waals surface area contributed by atoms with E-state index < -0.39 is 11.7 Å². The first-order chi connectivity index (χ1) is 13.0. The SMILES string of the molecule is CCCCCCCCCCC(=O)N/C(=N/C(=O)OC(C)(C)C)N(C)CC(C)=O. The second-order valence-electron chi connectivity index (χ2n) is 8.25. The highest BCUT2D eigenvalue weighted by Crippen LogP contribution is 2.10. The first-order valence-electron chi connectivity index (χ1n) is 10.4. The van der Waals surface area contributed by atoms with Crippen molar-refractivity contribution in [1.82, 2.24) is 10.2 Å². The maximum Gasteiger partial charge on any atom is 0.437 e. The summed E-state index contributed by atoms with van der Waals surface area (Å²) in [6, 6.07) is 0. The van der Waals surface area contributed by atoms with Gasteiger partial charge in [0.05, 0.1) is 6.54 Å². The lowest BCUT2D eigenvalue weighted by Gasteiger charge is -2.22. The number of hydrogen-bond donors (Lipinski definition) is 1. The molecule has 7 heteroatoms. The summed E-state index contributed by atoms with van der Waals surface area (Å²) in [5.41, 5.74) is -0.689. The molecular weight excluding hydrogens is 358 g/mol. The van der Waals surface area contributed by atoms with E-state index in [2.05, 4.69) is 17.2 Å². The van der Waals surface area contributed by atoms with Crippen LogP contribution < -0.4 is 5.32 Å². The van der Waals surface area contributed by atoms with Gasteiger partial charge in [-0.2, -0.15) is 0 Å². The van der Waals surface area contributed by atoms with Gasteiger partial charge in [0, 0.05) is 13.5 Å². The van der Waals surface area contributed by atoms with Crippen LogP contribution in [0.4, 0.5) is 4.79 Å². The van der Waals surface area contributed by atoms with Gasteiger partial charge in [0.15, 0.2) is 0 Å². The van der Waals surface area contributed by atoms with Crippen LogP contribution >= 0.6 is 0 Å². The van der Waals surface area contributed by atoms with Gasteiger partial charge in [0.2, 0.25) is 11.9 Å². The van der Waals surface area contributed by atoms with Crippen molar-refractivity contribution >= 4 is 23.7 Å². The molecule has 0 aliphatic heterocycles. The predicted molar refractivity (Wildman–Crippen MR) is 112 cm³/mol. The molecule has 0 aromatic carbocycles. The summed E-state index contributed by atoms with van der Waals surface area (Å²) in [6.45, 7) is 8.89. The Morgan fingerprint density at radius 1 is 0.964 bits per heavy atom. The summed E-state index contributed by atoms with van der Waals surface area (Å²) in [6.07, 6.45) is 8.74. The quantitative estimate of drug-likeness (QED) is 0.316. The summed E-state index contributed by atoms with van der Waals surface area (Å²) in [4.78, 5) is 40.9. The largest absolute Gasteiger partial charge is 0.442 e. The monoisotopic (exact) mass is 397 g/mol. The maximum atomic E-state index is 12.2. The number of guanidine groups is 1. The molecule has 0 unspecified atom stereocenters. The number of nitrogens with zero attached hydrogens (tertiary/aromatic N) is 2. The number of hydrogen-bond acceptors (Lipinski definition) is 4.